The molecule has 5 nitrogen and oxygen atoms in total. The molecule has 0 saturated carbocycles. The molecule has 1 aliphatic rings. The average Bonchev–Trinajstić information content (AvgIpc) is 2.39. The molecule has 1 atom stereocenters. The van der Waals surface area contributed by atoms with Crippen molar-refractivity contribution in [1.29, 1.82) is 0 Å². The van der Waals surface area contributed by atoms with Crippen molar-refractivity contribution in [3.8, 4) is 0 Å². The summed E-state index contributed by atoms with van der Waals surface area (Å²) in [5, 5.41) is 5.94. The minimum atomic E-state index is -0.267. The lowest BCUT2D eigenvalue weighted by molar-refractivity contribution is 0.0272. The van der Waals surface area contributed by atoms with Gasteiger partial charge in [-0.25, -0.2) is 4.98 Å². The molecule has 2 heterocycles. The van der Waals surface area contributed by atoms with E-state index in [0.717, 1.165) is 25.3 Å². The molecular formula is C13H19N3O2. The van der Waals surface area contributed by atoms with E-state index in [1.54, 1.807) is 25.4 Å². The van der Waals surface area contributed by atoms with Gasteiger partial charge in [0.25, 0.3) is 5.91 Å². The summed E-state index contributed by atoms with van der Waals surface area (Å²) in [6, 6.07) is 3.55. The number of amides is 1. The van der Waals surface area contributed by atoms with Crippen LogP contribution in [0.25, 0.3) is 0 Å². The van der Waals surface area contributed by atoms with Crippen molar-refractivity contribution in [2.24, 2.45) is 0 Å². The summed E-state index contributed by atoms with van der Waals surface area (Å²) in [7, 11) is 1.79. The maximum atomic E-state index is 12.1. The van der Waals surface area contributed by atoms with Gasteiger partial charge in [0.1, 0.15) is 5.82 Å². The maximum absolute atomic E-state index is 12.1. The molecule has 18 heavy (non-hydrogen) atoms. The standard InChI is InChI=1S/C13H19N3O2/c1-13(6-3-7-18-9-13)16-12(17)10-4-5-11(14-2)15-8-10/h4-5,8H,3,6-7,9H2,1-2H3,(H,14,15)(H,16,17). The van der Waals surface area contributed by atoms with E-state index < -0.39 is 0 Å². The Morgan fingerprint density at radius 3 is 2.89 bits per heavy atom. The number of hydrogen-bond donors (Lipinski definition) is 2. The van der Waals surface area contributed by atoms with Crippen LogP contribution in [-0.2, 0) is 4.74 Å². The van der Waals surface area contributed by atoms with Crippen molar-refractivity contribution in [2.45, 2.75) is 25.3 Å². The first kappa shape index (κ1) is 12.8. The predicted octanol–water partition coefficient (Wildman–Crippen LogP) is 1.42. The zero-order chi connectivity index (χ0) is 13.0. The Bertz CT molecular complexity index is 411. The lowest BCUT2D eigenvalue weighted by Gasteiger charge is -2.34. The number of rotatable bonds is 3. The first-order valence-electron chi connectivity index (χ1n) is 6.17. The average molecular weight is 249 g/mol. The summed E-state index contributed by atoms with van der Waals surface area (Å²) in [4.78, 5) is 16.2. The second kappa shape index (κ2) is 5.35. The second-order valence-corrected chi connectivity index (χ2v) is 4.85. The molecule has 1 aliphatic heterocycles. The summed E-state index contributed by atoms with van der Waals surface area (Å²) >= 11 is 0. The van der Waals surface area contributed by atoms with Crippen LogP contribution in [0.2, 0.25) is 0 Å². The van der Waals surface area contributed by atoms with Gasteiger partial charge in [0.2, 0.25) is 0 Å². The van der Waals surface area contributed by atoms with E-state index in [1.165, 1.54) is 0 Å². The number of hydrogen-bond acceptors (Lipinski definition) is 4. The monoisotopic (exact) mass is 249 g/mol. The first-order valence-corrected chi connectivity index (χ1v) is 6.17. The van der Waals surface area contributed by atoms with Gasteiger partial charge in [-0.3, -0.25) is 4.79 Å². The quantitative estimate of drug-likeness (QED) is 0.850. The zero-order valence-corrected chi connectivity index (χ0v) is 10.8. The Morgan fingerprint density at radius 2 is 2.33 bits per heavy atom. The van der Waals surface area contributed by atoms with E-state index >= 15 is 0 Å². The van der Waals surface area contributed by atoms with Gasteiger partial charge >= 0.3 is 0 Å². The highest BCUT2D eigenvalue weighted by atomic mass is 16.5. The third-order valence-corrected chi connectivity index (χ3v) is 3.13. The van der Waals surface area contributed by atoms with Crippen LogP contribution >= 0.6 is 0 Å². The predicted molar refractivity (Wildman–Crippen MR) is 69.7 cm³/mol. The third kappa shape index (κ3) is 2.98. The number of ether oxygens (including phenoxy) is 1. The van der Waals surface area contributed by atoms with Crippen LogP contribution < -0.4 is 10.6 Å². The molecule has 2 N–H and O–H groups in total. The van der Waals surface area contributed by atoms with Crippen molar-refractivity contribution in [3.63, 3.8) is 0 Å². The van der Waals surface area contributed by atoms with E-state index in [0.29, 0.717) is 12.2 Å². The molecule has 1 saturated heterocycles. The Labute approximate surface area is 107 Å². The molecule has 0 aromatic carbocycles. The van der Waals surface area contributed by atoms with Crippen molar-refractivity contribution in [1.82, 2.24) is 10.3 Å². The molecule has 98 valence electrons. The molecule has 0 aliphatic carbocycles. The fourth-order valence-electron chi connectivity index (χ4n) is 2.05. The van der Waals surface area contributed by atoms with Crippen LogP contribution in [0, 0.1) is 0 Å². The normalized spacial score (nSPS) is 23.4. The minimum Gasteiger partial charge on any atom is -0.379 e. The maximum Gasteiger partial charge on any atom is 0.253 e. The SMILES string of the molecule is CNc1ccc(C(=O)NC2(C)CCCOC2)cn1. The Kier molecular flexibility index (Phi) is 3.81. The number of carbonyl (C=O) groups is 1. The molecule has 0 bridgehead atoms. The van der Waals surface area contributed by atoms with Crippen LogP contribution in [-0.4, -0.2) is 36.7 Å². The number of nitrogens with one attached hydrogen (secondary N) is 2. The summed E-state index contributed by atoms with van der Waals surface area (Å²) in [6.45, 7) is 3.37. The molecule has 1 unspecified atom stereocenters. The van der Waals surface area contributed by atoms with Crippen molar-refractivity contribution >= 4 is 11.7 Å². The molecule has 2 rings (SSSR count). The molecule has 5 heteroatoms. The molecule has 1 fully saturated rings. The fourth-order valence-corrected chi connectivity index (χ4v) is 2.05. The molecular weight excluding hydrogens is 230 g/mol. The van der Waals surface area contributed by atoms with Gasteiger partial charge in [-0.05, 0) is 31.9 Å². The van der Waals surface area contributed by atoms with E-state index in [9.17, 15) is 4.79 Å². The van der Waals surface area contributed by atoms with Crippen molar-refractivity contribution in [3.05, 3.63) is 23.9 Å². The molecule has 0 spiro atoms. The number of anilines is 1. The molecule has 1 aromatic heterocycles. The largest absolute Gasteiger partial charge is 0.379 e. The van der Waals surface area contributed by atoms with Crippen molar-refractivity contribution in [2.75, 3.05) is 25.6 Å². The van der Waals surface area contributed by atoms with Crippen LogP contribution in [0.1, 0.15) is 30.1 Å². The summed E-state index contributed by atoms with van der Waals surface area (Å²) in [6.07, 6.45) is 3.50. The van der Waals surface area contributed by atoms with Gasteiger partial charge in [0.15, 0.2) is 0 Å². The minimum absolute atomic E-state index is 0.0989. The number of pyridine rings is 1. The fraction of sp³-hybridized carbons (Fsp3) is 0.538. The number of aromatic nitrogens is 1. The Morgan fingerprint density at radius 1 is 1.50 bits per heavy atom. The van der Waals surface area contributed by atoms with Crippen molar-refractivity contribution < 1.29 is 9.53 Å². The van der Waals surface area contributed by atoms with Crippen LogP contribution in [0.4, 0.5) is 5.82 Å². The van der Waals surface area contributed by atoms with Gasteiger partial charge in [-0.2, -0.15) is 0 Å². The highest BCUT2D eigenvalue weighted by molar-refractivity contribution is 5.94. The number of carbonyl (C=O) groups excluding carboxylic acids is 1. The molecule has 1 aromatic rings. The van der Waals surface area contributed by atoms with Gasteiger partial charge in [-0.15, -0.1) is 0 Å². The van der Waals surface area contributed by atoms with Gasteiger partial charge in [-0.1, -0.05) is 0 Å². The molecule has 1 amide bonds. The van der Waals surface area contributed by atoms with E-state index in [4.69, 9.17) is 4.74 Å². The summed E-state index contributed by atoms with van der Waals surface area (Å²) < 4.78 is 5.42. The van der Waals surface area contributed by atoms with Gasteiger partial charge in [0.05, 0.1) is 17.7 Å². The van der Waals surface area contributed by atoms with Crippen LogP contribution in [0.15, 0.2) is 18.3 Å². The van der Waals surface area contributed by atoms with Gasteiger partial charge in [0, 0.05) is 19.9 Å². The lowest BCUT2D eigenvalue weighted by atomic mass is 9.94. The Hall–Kier alpha value is -1.62. The summed E-state index contributed by atoms with van der Waals surface area (Å²) in [5.41, 5.74) is 0.303. The van der Waals surface area contributed by atoms with E-state index in [-0.39, 0.29) is 11.4 Å². The highest BCUT2D eigenvalue weighted by Crippen LogP contribution is 2.19. The second-order valence-electron chi connectivity index (χ2n) is 4.85. The van der Waals surface area contributed by atoms with E-state index in [2.05, 4.69) is 15.6 Å². The zero-order valence-electron chi connectivity index (χ0n) is 10.8. The Balaban J connectivity index is 2.02. The van der Waals surface area contributed by atoms with Gasteiger partial charge < -0.3 is 15.4 Å². The third-order valence-electron chi connectivity index (χ3n) is 3.13. The van der Waals surface area contributed by atoms with Crippen LogP contribution in [0.5, 0.6) is 0 Å². The lowest BCUT2D eigenvalue weighted by Crippen LogP contribution is -2.51. The highest BCUT2D eigenvalue weighted by Gasteiger charge is 2.29. The van der Waals surface area contributed by atoms with Crippen LogP contribution in [0.3, 0.4) is 0 Å². The first-order chi connectivity index (χ1) is 8.63. The molecule has 0 radical (unpaired) electrons. The summed E-state index contributed by atoms with van der Waals surface area (Å²) in [5.74, 6) is 0.650. The number of nitrogens with zero attached hydrogens (tertiary/aromatic N) is 1. The topological polar surface area (TPSA) is 63.2 Å². The smallest absolute Gasteiger partial charge is 0.253 e. The van der Waals surface area contributed by atoms with E-state index in [1.807, 2.05) is 6.92 Å².